The summed E-state index contributed by atoms with van der Waals surface area (Å²) in [6.45, 7) is 5.17. The van der Waals surface area contributed by atoms with Crippen molar-refractivity contribution < 1.29 is 11.0 Å². The van der Waals surface area contributed by atoms with Crippen LogP contribution in [0, 0.1) is 17.3 Å². The fourth-order valence-corrected chi connectivity index (χ4v) is 4.97. The van der Waals surface area contributed by atoms with Crippen molar-refractivity contribution in [3.05, 3.63) is 0 Å². The molecule has 3 aliphatic rings. The molecule has 0 aromatic heterocycles. The van der Waals surface area contributed by atoms with Crippen LogP contribution in [0.2, 0.25) is 0 Å². The number of Topliss-reactive ketones (excluding diaryl/α,β-unsaturated/α-hetero) is 1. The second-order valence-electron chi connectivity index (χ2n) is 7.83. The van der Waals surface area contributed by atoms with Crippen LogP contribution in [0.1, 0.15) is 66.1 Å². The Labute approximate surface area is 130 Å². The fourth-order valence-electron chi connectivity index (χ4n) is 4.97. The molecule has 2 saturated heterocycles. The van der Waals surface area contributed by atoms with Gasteiger partial charge in [-0.2, -0.15) is 0 Å². The van der Waals surface area contributed by atoms with Gasteiger partial charge in [-0.1, -0.05) is 19.8 Å². The highest BCUT2D eigenvalue weighted by Gasteiger charge is 2.43. The summed E-state index contributed by atoms with van der Waals surface area (Å²) in [5.41, 5.74) is 0.309. The van der Waals surface area contributed by atoms with Gasteiger partial charge >= 0.3 is 0 Å². The van der Waals surface area contributed by atoms with Crippen LogP contribution in [0.25, 0.3) is 0 Å². The Kier molecular flexibility index (Phi) is 5.00. The maximum Gasteiger partial charge on any atom is 0.158 e. The van der Waals surface area contributed by atoms with Crippen molar-refractivity contribution in [2.75, 3.05) is 19.7 Å². The van der Waals surface area contributed by atoms with E-state index in [2.05, 4.69) is 12.2 Å². The standard InChI is InChI=1S/C18H31NO2.H2/c1-18(12-14-7-10-19-11-8-14)9-6-15(20)13-21-17-5-3-2-4-16(17)18;/h14,16-17,19H,2-13H2,1H3;1H/t16-,17-,18+;/m0./s1. The molecule has 3 fully saturated rings. The van der Waals surface area contributed by atoms with Crippen molar-refractivity contribution in [1.29, 1.82) is 0 Å². The highest BCUT2D eigenvalue weighted by molar-refractivity contribution is 5.79. The summed E-state index contributed by atoms with van der Waals surface area (Å²) in [5.74, 6) is 1.83. The number of hydrogen-bond acceptors (Lipinski definition) is 3. The number of piperidine rings is 1. The predicted octanol–water partition coefficient (Wildman–Crippen LogP) is 3.57. The lowest BCUT2D eigenvalue weighted by Gasteiger charge is -2.47. The van der Waals surface area contributed by atoms with Gasteiger partial charge in [0.25, 0.3) is 0 Å². The summed E-state index contributed by atoms with van der Waals surface area (Å²) in [4.78, 5) is 12.0. The van der Waals surface area contributed by atoms with Gasteiger partial charge in [-0.15, -0.1) is 0 Å². The van der Waals surface area contributed by atoms with Crippen molar-refractivity contribution in [2.45, 2.75) is 70.8 Å². The number of nitrogens with one attached hydrogen (secondary N) is 1. The Morgan fingerprint density at radius 2 is 2.00 bits per heavy atom. The third-order valence-electron chi connectivity index (χ3n) is 6.24. The molecule has 0 spiro atoms. The average Bonchev–Trinajstić information content (AvgIpc) is 2.51. The molecule has 3 atom stereocenters. The summed E-state index contributed by atoms with van der Waals surface area (Å²) >= 11 is 0. The molecular formula is C18H33NO2. The van der Waals surface area contributed by atoms with Gasteiger partial charge in [-0.3, -0.25) is 4.79 Å². The molecule has 21 heavy (non-hydrogen) atoms. The number of hydrogen-bond donors (Lipinski definition) is 1. The van der Waals surface area contributed by atoms with Crippen molar-refractivity contribution in [1.82, 2.24) is 5.32 Å². The predicted molar refractivity (Wildman–Crippen MR) is 86.4 cm³/mol. The minimum absolute atomic E-state index is 0. The topological polar surface area (TPSA) is 38.3 Å². The molecule has 0 unspecified atom stereocenters. The zero-order valence-electron chi connectivity index (χ0n) is 13.5. The van der Waals surface area contributed by atoms with Crippen LogP contribution in [0.3, 0.4) is 0 Å². The van der Waals surface area contributed by atoms with Crippen LogP contribution in [-0.4, -0.2) is 31.6 Å². The van der Waals surface area contributed by atoms with Gasteiger partial charge in [0.05, 0.1) is 6.10 Å². The number of ether oxygens (including phenoxy) is 1. The van der Waals surface area contributed by atoms with Crippen molar-refractivity contribution in [3.63, 3.8) is 0 Å². The number of ketones is 1. The largest absolute Gasteiger partial charge is 0.370 e. The Morgan fingerprint density at radius 1 is 1.24 bits per heavy atom. The molecule has 2 heterocycles. The Hall–Kier alpha value is -0.410. The number of carbonyl (C=O) groups excluding carboxylic acids is 1. The van der Waals surface area contributed by atoms with Gasteiger partial charge in [0, 0.05) is 7.85 Å². The van der Waals surface area contributed by atoms with E-state index in [1.165, 1.54) is 58.0 Å². The first kappa shape index (κ1) is 15.5. The summed E-state index contributed by atoms with van der Waals surface area (Å²) < 4.78 is 6.02. The summed E-state index contributed by atoms with van der Waals surface area (Å²) in [6.07, 6.45) is 11.2. The second-order valence-corrected chi connectivity index (χ2v) is 7.83. The van der Waals surface area contributed by atoms with Crippen molar-refractivity contribution >= 4 is 5.78 Å². The van der Waals surface area contributed by atoms with Gasteiger partial charge in [0.15, 0.2) is 5.78 Å². The molecule has 3 rings (SSSR count). The van der Waals surface area contributed by atoms with Crippen LogP contribution in [-0.2, 0) is 9.53 Å². The van der Waals surface area contributed by atoms with Gasteiger partial charge in [-0.25, -0.2) is 0 Å². The van der Waals surface area contributed by atoms with E-state index in [-0.39, 0.29) is 1.43 Å². The van der Waals surface area contributed by atoms with E-state index in [1.54, 1.807) is 0 Å². The van der Waals surface area contributed by atoms with E-state index < -0.39 is 0 Å². The molecule has 3 nitrogen and oxygen atoms in total. The first-order chi connectivity index (χ1) is 10.2. The molecule has 1 N–H and O–H groups in total. The molecule has 1 aliphatic carbocycles. The number of fused-ring (bicyclic) bond motifs is 1. The molecule has 2 aliphatic heterocycles. The molecule has 0 aromatic rings. The molecule has 3 heteroatoms. The summed E-state index contributed by atoms with van der Waals surface area (Å²) in [6, 6.07) is 0. The molecule has 0 aromatic carbocycles. The lowest BCUT2D eigenvalue weighted by molar-refractivity contribution is -0.137. The Balaban J connectivity index is 0.00000176. The van der Waals surface area contributed by atoms with Crippen molar-refractivity contribution in [2.24, 2.45) is 17.3 Å². The molecule has 122 valence electrons. The Morgan fingerprint density at radius 3 is 2.81 bits per heavy atom. The van der Waals surface area contributed by atoms with Crippen LogP contribution in [0.15, 0.2) is 0 Å². The first-order valence-corrected chi connectivity index (χ1v) is 9.01. The van der Waals surface area contributed by atoms with E-state index in [0.717, 1.165) is 18.8 Å². The van der Waals surface area contributed by atoms with E-state index >= 15 is 0 Å². The van der Waals surface area contributed by atoms with E-state index in [9.17, 15) is 4.79 Å². The lowest BCUT2D eigenvalue weighted by atomic mass is 9.61. The monoisotopic (exact) mass is 295 g/mol. The Bertz CT molecular complexity index is 370. The average molecular weight is 295 g/mol. The van der Waals surface area contributed by atoms with Gasteiger partial charge < -0.3 is 10.1 Å². The van der Waals surface area contributed by atoms with Crippen LogP contribution in [0.5, 0.6) is 0 Å². The van der Waals surface area contributed by atoms with Gasteiger partial charge in [0.2, 0.25) is 0 Å². The third kappa shape index (κ3) is 3.68. The summed E-state index contributed by atoms with van der Waals surface area (Å²) in [5, 5.41) is 3.47. The van der Waals surface area contributed by atoms with Gasteiger partial charge in [-0.05, 0) is 68.9 Å². The number of rotatable bonds is 2. The van der Waals surface area contributed by atoms with Crippen LogP contribution < -0.4 is 5.32 Å². The summed E-state index contributed by atoms with van der Waals surface area (Å²) in [7, 11) is 0. The van der Waals surface area contributed by atoms with Crippen molar-refractivity contribution in [3.8, 4) is 0 Å². The maximum absolute atomic E-state index is 12.0. The zero-order valence-corrected chi connectivity index (χ0v) is 13.5. The lowest BCUT2D eigenvalue weighted by Crippen LogP contribution is -2.44. The normalized spacial score (nSPS) is 39.4. The highest BCUT2D eigenvalue weighted by Crippen LogP contribution is 2.48. The second kappa shape index (κ2) is 6.78. The van der Waals surface area contributed by atoms with Gasteiger partial charge in [0.1, 0.15) is 6.61 Å². The molecule has 0 bridgehead atoms. The minimum Gasteiger partial charge on any atom is -0.370 e. The highest BCUT2D eigenvalue weighted by atomic mass is 16.5. The third-order valence-corrected chi connectivity index (χ3v) is 6.24. The molecule has 0 radical (unpaired) electrons. The number of carbonyl (C=O) groups is 1. The first-order valence-electron chi connectivity index (χ1n) is 9.01. The van der Waals surface area contributed by atoms with E-state index in [4.69, 9.17) is 4.74 Å². The molecular weight excluding hydrogens is 262 g/mol. The smallest absolute Gasteiger partial charge is 0.158 e. The molecule has 1 saturated carbocycles. The van der Waals surface area contributed by atoms with E-state index in [1.807, 2.05) is 0 Å². The minimum atomic E-state index is 0. The fraction of sp³-hybridized carbons (Fsp3) is 0.944. The maximum atomic E-state index is 12.0. The SMILES string of the molecule is C[C@]1(CC2CCNCC2)CCC(=O)CO[C@H]2CCCC[C@@H]21.[HH]. The zero-order chi connectivity index (χ0) is 14.7. The van der Waals surface area contributed by atoms with Crippen LogP contribution in [0.4, 0.5) is 0 Å². The van der Waals surface area contributed by atoms with E-state index in [0.29, 0.717) is 29.8 Å². The molecule has 0 amide bonds. The quantitative estimate of drug-likeness (QED) is 0.846. The van der Waals surface area contributed by atoms with Crippen LogP contribution >= 0.6 is 0 Å².